The average Bonchev–Trinajstić information content (AvgIpc) is 3.30. The van der Waals surface area contributed by atoms with Crippen molar-refractivity contribution in [3.05, 3.63) is 18.0 Å². The summed E-state index contributed by atoms with van der Waals surface area (Å²) in [5.41, 5.74) is 1.36. The molecule has 6 nitrogen and oxygen atoms in total. The third-order valence-electron chi connectivity index (χ3n) is 5.97. The van der Waals surface area contributed by atoms with Gasteiger partial charge in [-0.2, -0.15) is 5.10 Å². The first-order valence-corrected chi connectivity index (χ1v) is 10.4. The van der Waals surface area contributed by atoms with E-state index in [0.717, 1.165) is 38.1 Å². The van der Waals surface area contributed by atoms with E-state index in [9.17, 15) is 0 Å². The van der Waals surface area contributed by atoms with Crippen LogP contribution in [0.1, 0.15) is 51.0 Å². The summed E-state index contributed by atoms with van der Waals surface area (Å²) in [6, 6.07) is 0. The maximum atomic E-state index is 4.96. The standard InChI is InChI=1S/C20H36N6.HI/c1-4-21-20(22-10-6-17-7-11-25(5-2)12-8-17)26-13-9-18(16-26)19-14-23-24(3)15-19;/h14-15,17-18H,4-13,16H2,1-3H3,(H,21,22);1H. The molecule has 3 rings (SSSR count). The van der Waals surface area contributed by atoms with Crippen LogP contribution in [0, 0.1) is 5.92 Å². The van der Waals surface area contributed by atoms with Crippen molar-refractivity contribution in [2.75, 3.05) is 45.8 Å². The van der Waals surface area contributed by atoms with Gasteiger partial charge < -0.3 is 15.1 Å². The first-order chi connectivity index (χ1) is 12.7. The lowest BCUT2D eigenvalue weighted by atomic mass is 9.94. The summed E-state index contributed by atoms with van der Waals surface area (Å²) in [6.45, 7) is 12.2. The van der Waals surface area contributed by atoms with E-state index in [1.54, 1.807) is 0 Å². The highest BCUT2D eigenvalue weighted by Gasteiger charge is 2.27. The number of hydrogen-bond acceptors (Lipinski definition) is 3. The van der Waals surface area contributed by atoms with Crippen molar-refractivity contribution in [2.24, 2.45) is 18.0 Å². The van der Waals surface area contributed by atoms with Crippen LogP contribution in [-0.4, -0.2) is 71.4 Å². The molecule has 0 saturated carbocycles. The fourth-order valence-corrected chi connectivity index (χ4v) is 4.25. The molecule has 0 radical (unpaired) electrons. The van der Waals surface area contributed by atoms with E-state index >= 15 is 0 Å². The number of piperidine rings is 1. The van der Waals surface area contributed by atoms with Crippen LogP contribution in [0.15, 0.2) is 17.4 Å². The fraction of sp³-hybridized carbons (Fsp3) is 0.800. The molecule has 2 aliphatic rings. The Balaban J connectivity index is 0.00000261. The molecule has 2 aliphatic heterocycles. The molecule has 7 heteroatoms. The van der Waals surface area contributed by atoms with Crippen molar-refractivity contribution in [3.8, 4) is 0 Å². The predicted molar refractivity (Wildman–Crippen MR) is 123 cm³/mol. The van der Waals surface area contributed by atoms with Crippen LogP contribution in [0.2, 0.25) is 0 Å². The fourth-order valence-electron chi connectivity index (χ4n) is 4.25. The van der Waals surface area contributed by atoms with Crippen molar-refractivity contribution in [2.45, 2.75) is 45.4 Å². The molecule has 1 N–H and O–H groups in total. The number of nitrogens with one attached hydrogen (secondary N) is 1. The summed E-state index contributed by atoms with van der Waals surface area (Å²) in [5.74, 6) is 2.53. The molecule has 2 saturated heterocycles. The zero-order chi connectivity index (χ0) is 18.4. The van der Waals surface area contributed by atoms with E-state index in [1.807, 2.05) is 17.9 Å². The monoisotopic (exact) mass is 488 g/mol. The van der Waals surface area contributed by atoms with Gasteiger partial charge in [-0.15, -0.1) is 24.0 Å². The predicted octanol–water partition coefficient (Wildman–Crippen LogP) is 2.91. The number of nitrogens with zero attached hydrogens (tertiary/aromatic N) is 5. The molecule has 0 bridgehead atoms. The Kier molecular flexibility index (Phi) is 9.35. The van der Waals surface area contributed by atoms with Gasteiger partial charge in [0.05, 0.1) is 6.20 Å². The van der Waals surface area contributed by atoms with E-state index in [4.69, 9.17) is 4.99 Å². The Morgan fingerprint density at radius 3 is 2.63 bits per heavy atom. The lowest BCUT2D eigenvalue weighted by Crippen LogP contribution is -2.40. The molecule has 0 spiro atoms. The van der Waals surface area contributed by atoms with Crippen LogP contribution in [0.4, 0.5) is 0 Å². The number of aryl methyl sites for hydroxylation is 1. The quantitative estimate of drug-likeness (QED) is 0.380. The Morgan fingerprint density at radius 2 is 2.00 bits per heavy atom. The largest absolute Gasteiger partial charge is 0.357 e. The second kappa shape index (κ2) is 11.2. The molecule has 154 valence electrons. The first-order valence-electron chi connectivity index (χ1n) is 10.4. The van der Waals surface area contributed by atoms with Crippen molar-refractivity contribution in [3.63, 3.8) is 0 Å². The van der Waals surface area contributed by atoms with Gasteiger partial charge in [0.25, 0.3) is 0 Å². The van der Waals surface area contributed by atoms with Gasteiger partial charge in [-0.05, 0) is 63.7 Å². The summed E-state index contributed by atoms with van der Waals surface area (Å²) >= 11 is 0. The van der Waals surface area contributed by atoms with Crippen LogP contribution in [-0.2, 0) is 7.05 Å². The van der Waals surface area contributed by atoms with Gasteiger partial charge in [-0.3, -0.25) is 9.67 Å². The van der Waals surface area contributed by atoms with E-state index in [1.165, 1.54) is 50.9 Å². The Labute approximate surface area is 181 Å². The number of hydrogen-bond donors (Lipinski definition) is 1. The maximum Gasteiger partial charge on any atom is 0.193 e. The Hall–Kier alpha value is -0.830. The second-order valence-corrected chi connectivity index (χ2v) is 7.78. The van der Waals surface area contributed by atoms with Gasteiger partial charge in [-0.1, -0.05) is 6.92 Å². The first kappa shape index (κ1) is 22.5. The highest BCUT2D eigenvalue weighted by molar-refractivity contribution is 14.0. The van der Waals surface area contributed by atoms with E-state index in [-0.39, 0.29) is 24.0 Å². The lowest BCUT2D eigenvalue weighted by molar-refractivity contribution is 0.188. The third kappa shape index (κ3) is 6.34. The highest BCUT2D eigenvalue weighted by Crippen LogP contribution is 2.27. The van der Waals surface area contributed by atoms with Crippen molar-refractivity contribution in [1.29, 1.82) is 0 Å². The number of guanidine groups is 1. The zero-order valence-corrected chi connectivity index (χ0v) is 19.6. The lowest BCUT2D eigenvalue weighted by Gasteiger charge is -2.30. The SMILES string of the molecule is CCNC(=NCCC1CCN(CC)CC1)N1CCC(c2cnn(C)c2)C1.I. The number of aliphatic imine (C=N–C) groups is 1. The van der Waals surface area contributed by atoms with Crippen LogP contribution in [0.3, 0.4) is 0 Å². The number of halogens is 1. The van der Waals surface area contributed by atoms with E-state index in [2.05, 4.69) is 40.3 Å². The van der Waals surface area contributed by atoms with E-state index < -0.39 is 0 Å². The Bertz CT molecular complexity index is 579. The van der Waals surface area contributed by atoms with E-state index in [0.29, 0.717) is 5.92 Å². The third-order valence-corrected chi connectivity index (χ3v) is 5.97. The van der Waals surface area contributed by atoms with Gasteiger partial charge in [-0.25, -0.2) is 0 Å². The number of aromatic nitrogens is 2. The Morgan fingerprint density at radius 1 is 1.22 bits per heavy atom. The highest BCUT2D eigenvalue weighted by atomic mass is 127. The summed E-state index contributed by atoms with van der Waals surface area (Å²) in [4.78, 5) is 9.95. The average molecular weight is 488 g/mol. The molecule has 0 amide bonds. The van der Waals surface area contributed by atoms with Gasteiger partial charge >= 0.3 is 0 Å². The number of likely N-dealkylation sites (tertiary alicyclic amines) is 2. The summed E-state index contributed by atoms with van der Waals surface area (Å²) in [7, 11) is 1.99. The van der Waals surface area contributed by atoms with Crippen LogP contribution in [0.25, 0.3) is 0 Å². The minimum atomic E-state index is 0. The molecule has 1 aromatic heterocycles. The summed E-state index contributed by atoms with van der Waals surface area (Å²) in [5, 5.41) is 7.83. The van der Waals surface area contributed by atoms with Gasteiger partial charge in [0.15, 0.2) is 5.96 Å². The van der Waals surface area contributed by atoms with Gasteiger partial charge in [0.1, 0.15) is 0 Å². The molecule has 1 unspecified atom stereocenters. The summed E-state index contributed by atoms with van der Waals surface area (Å²) < 4.78 is 1.90. The minimum absolute atomic E-state index is 0. The molecule has 1 atom stereocenters. The molecule has 0 aliphatic carbocycles. The smallest absolute Gasteiger partial charge is 0.193 e. The molecular formula is C20H37IN6. The zero-order valence-electron chi connectivity index (χ0n) is 17.2. The molecule has 27 heavy (non-hydrogen) atoms. The molecular weight excluding hydrogens is 451 g/mol. The second-order valence-electron chi connectivity index (χ2n) is 7.78. The van der Waals surface area contributed by atoms with Crippen molar-refractivity contribution < 1.29 is 0 Å². The van der Waals surface area contributed by atoms with Crippen LogP contribution in [0.5, 0.6) is 0 Å². The number of rotatable bonds is 6. The molecule has 1 aromatic rings. The topological polar surface area (TPSA) is 48.7 Å². The minimum Gasteiger partial charge on any atom is -0.357 e. The van der Waals surface area contributed by atoms with Crippen molar-refractivity contribution in [1.82, 2.24) is 24.9 Å². The van der Waals surface area contributed by atoms with Crippen LogP contribution >= 0.6 is 24.0 Å². The van der Waals surface area contributed by atoms with Crippen LogP contribution < -0.4 is 5.32 Å². The maximum absolute atomic E-state index is 4.96. The summed E-state index contributed by atoms with van der Waals surface area (Å²) in [6.07, 6.45) is 9.26. The molecule has 0 aromatic carbocycles. The normalized spacial score (nSPS) is 22.1. The van der Waals surface area contributed by atoms with Gasteiger partial charge in [0, 0.05) is 45.3 Å². The molecule has 3 heterocycles. The van der Waals surface area contributed by atoms with Gasteiger partial charge in [0.2, 0.25) is 0 Å². The van der Waals surface area contributed by atoms with Crippen molar-refractivity contribution >= 4 is 29.9 Å². The molecule has 2 fully saturated rings.